The van der Waals surface area contributed by atoms with E-state index >= 15 is 0 Å². The van der Waals surface area contributed by atoms with E-state index in [1.54, 1.807) is 0 Å². The topological polar surface area (TPSA) is 79.3 Å². The molecule has 5 rings (SSSR count). The molecule has 1 amide bonds. The number of amides is 1. The first kappa shape index (κ1) is 23.6. The number of carbonyl (C=O) groups excluding carboxylic acids is 2. The van der Waals surface area contributed by atoms with Gasteiger partial charge in [0.1, 0.15) is 11.9 Å². The summed E-state index contributed by atoms with van der Waals surface area (Å²) in [5.74, 6) is 1.24. The Balaban J connectivity index is 1.04. The maximum absolute atomic E-state index is 12.9. The molecular weight excluding hydrogens is 458 g/mol. The number of hydrogen-bond donors (Lipinski definition) is 2. The Morgan fingerprint density at radius 2 is 1.83 bits per heavy atom. The number of carbonyl (C=O) groups is 2. The minimum absolute atomic E-state index is 0.0268. The molecule has 0 aliphatic carbocycles. The van der Waals surface area contributed by atoms with Crippen LogP contribution in [-0.2, 0) is 11.2 Å². The summed E-state index contributed by atoms with van der Waals surface area (Å²) in [5.41, 5.74) is 2.18. The summed E-state index contributed by atoms with van der Waals surface area (Å²) < 4.78 is 1.71. The molecule has 35 heavy (non-hydrogen) atoms. The minimum atomic E-state index is -0.473. The summed E-state index contributed by atoms with van der Waals surface area (Å²) in [4.78, 5) is 32.1. The molecule has 3 aromatic rings. The molecule has 2 aliphatic heterocycles. The maximum atomic E-state index is 12.9. The number of para-hydroxylation sites is 1. The van der Waals surface area contributed by atoms with Crippen molar-refractivity contribution in [3.8, 4) is 0 Å². The van der Waals surface area contributed by atoms with Gasteiger partial charge in [-0.3, -0.25) is 9.59 Å². The highest BCUT2D eigenvalue weighted by molar-refractivity contribution is 7.71. The molecule has 7 nitrogen and oxygen atoms in total. The van der Waals surface area contributed by atoms with Gasteiger partial charge in [0, 0.05) is 24.9 Å². The first-order valence-corrected chi connectivity index (χ1v) is 12.8. The summed E-state index contributed by atoms with van der Waals surface area (Å²) in [5, 5.41) is 7.15. The van der Waals surface area contributed by atoms with Gasteiger partial charge in [0.15, 0.2) is 0 Å². The van der Waals surface area contributed by atoms with E-state index in [0.29, 0.717) is 18.8 Å². The Morgan fingerprint density at radius 1 is 1.09 bits per heavy atom. The van der Waals surface area contributed by atoms with Gasteiger partial charge >= 0.3 is 0 Å². The Bertz CT molecular complexity index is 1270. The number of rotatable bonds is 8. The van der Waals surface area contributed by atoms with Gasteiger partial charge in [0.25, 0.3) is 5.91 Å². The average molecular weight is 490 g/mol. The number of hydrogen-bond acceptors (Lipinski definition) is 6. The van der Waals surface area contributed by atoms with Crippen molar-refractivity contribution < 1.29 is 9.59 Å². The van der Waals surface area contributed by atoms with E-state index in [9.17, 15) is 9.59 Å². The van der Waals surface area contributed by atoms with Gasteiger partial charge in [-0.05, 0) is 74.6 Å². The van der Waals surface area contributed by atoms with Crippen LogP contribution in [0.2, 0.25) is 0 Å². The van der Waals surface area contributed by atoms with Gasteiger partial charge in [-0.25, -0.2) is 9.55 Å². The van der Waals surface area contributed by atoms with Crippen molar-refractivity contribution in [1.82, 2.24) is 19.8 Å². The lowest BCUT2D eigenvalue weighted by Gasteiger charge is -2.32. The normalized spacial score (nSPS) is 18.4. The second-order valence-corrected chi connectivity index (χ2v) is 9.86. The molecule has 1 fully saturated rings. The number of fused-ring (bicyclic) bond motifs is 3. The predicted molar refractivity (Wildman–Crippen MR) is 140 cm³/mol. The number of anilines is 1. The third-order valence-corrected chi connectivity index (χ3v) is 7.38. The zero-order valence-corrected chi connectivity index (χ0v) is 20.6. The van der Waals surface area contributed by atoms with Crippen LogP contribution in [0.3, 0.4) is 0 Å². The monoisotopic (exact) mass is 489 g/mol. The smallest absolute Gasteiger partial charge is 0.257 e. The van der Waals surface area contributed by atoms with Crippen molar-refractivity contribution in [3.05, 3.63) is 64.9 Å². The standard InChI is InChI=1S/C27H31N5O2S/c33-24(28-14-17-31-15-12-20(13-16-31)18-19-6-2-1-3-7-19)11-10-23-26(34)32-25(29-23)21-8-4-5-9-22(21)30-27(32)35/h1-9,20,23,29H,10-18H2,(H,28,33)/t23-/m1/s1. The number of aromatic nitrogens is 2. The third kappa shape index (κ3) is 5.44. The fraction of sp³-hybridized carbons (Fsp3) is 0.407. The lowest BCUT2D eigenvalue weighted by molar-refractivity contribution is -0.121. The van der Waals surface area contributed by atoms with Crippen molar-refractivity contribution in [3.63, 3.8) is 0 Å². The lowest BCUT2D eigenvalue weighted by atomic mass is 9.90. The first-order chi connectivity index (χ1) is 17.1. The molecule has 2 aliphatic rings. The second-order valence-electron chi connectivity index (χ2n) is 9.49. The quantitative estimate of drug-likeness (QED) is 0.465. The summed E-state index contributed by atoms with van der Waals surface area (Å²) in [6, 6.07) is 17.8. The van der Waals surface area contributed by atoms with Crippen molar-refractivity contribution in [1.29, 1.82) is 0 Å². The van der Waals surface area contributed by atoms with E-state index < -0.39 is 6.04 Å². The predicted octanol–water partition coefficient (Wildman–Crippen LogP) is 4.05. The molecule has 0 bridgehead atoms. The Hall–Kier alpha value is -3.10. The van der Waals surface area contributed by atoms with Gasteiger partial charge < -0.3 is 15.5 Å². The molecule has 2 N–H and O–H groups in total. The van der Waals surface area contributed by atoms with Gasteiger partial charge in [0.05, 0.1) is 5.52 Å². The third-order valence-electron chi connectivity index (χ3n) is 7.10. The zero-order valence-electron chi connectivity index (χ0n) is 19.8. The van der Waals surface area contributed by atoms with Crippen LogP contribution in [0, 0.1) is 10.7 Å². The molecule has 8 heteroatoms. The fourth-order valence-electron chi connectivity index (χ4n) is 5.14. The molecular formula is C27H31N5O2S. The van der Waals surface area contributed by atoms with Crippen LogP contribution < -0.4 is 10.6 Å². The number of nitrogens with zero attached hydrogens (tertiary/aromatic N) is 3. The molecule has 0 radical (unpaired) electrons. The van der Waals surface area contributed by atoms with Crippen molar-refractivity contribution in [2.24, 2.45) is 5.92 Å². The van der Waals surface area contributed by atoms with Crippen molar-refractivity contribution in [2.75, 3.05) is 31.5 Å². The molecule has 1 aromatic heterocycles. The molecule has 3 heterocycles. The minimum Gasteiger partial charge on any atom is -0.359 e. The highest BCUT2D eigenvalue weighted by Crippen LogP contribution is 2.29. The first-order valence-electron chi connectivity index (χ1n) is 12.4. The van der Waals surface area contributed by atoms with Crippen LogP contribution >= 0.6 is 12.2 Å². The molecule has 0 saturated carbocycles. The van der Waals surface area contributed by atoms with Gasteiger partial charge in [-0.1, -0.05) is 42.5 Å². The highest BCUT2D eigenvalue weighted by Gasteiger charge is 2.32. The largest absolute Gasteiger partial charge is 0.359 e. The van der Waals surface area contributed by atoms with Gasteiger partial charge in [-0.2, -0.15) is 0 Å². The Morgan fingerprint density at radius 3 is 2.63 bits per heavy atom. The number of likely N-dealkylation sites (tertiary alicyclic amines) is 1. The number of nitrogens with one attached hydrogen (secondary N) is 2. The SMILES string of the molecule is O=C(CC[C@H]1Nc2c3ccccc3nc(=S)n2C1=O)NCCN1CCC(Cc2ccccc2)CC1. The highest BCUT2D eigenvalue weighted by atomic mass is 32.1. The summed E-state index contributed by atoms with van der Waals surface area (Å²) in [7, 11) is 0. The van der Waals surface area contributed by atoms with Crippen molar-refractivity contribution in [2.45, 2.75) is 38.1 Å². The molecule has 1 atom stereocenters. The van der Waals surface area contributed by atoms with Crippen LogP contribution in [-0.4, -0.2) is 58.5 Å². The summed E-state index contributed by atoms with van der Waals surface area (Å²) >= 11 is 5.34. The Labute approximate surface area is 210 Å². The van der Waals surface area contributed by atoms with Crippen molar-refractivity contribution >= 4 is 40.8 Å². The molecule has 2 aromatic carbocycles. The average Bonchev–Trinajstić information content (AvgIpc) is 3.21. The summed E-state index contributed by atoms with van der Waals surface area (Å²) in [6.07, 6.45) is 4.26. The molecule has 182 valence electrons. The van der Waals surface area contributed by atoms with E-state index in [1.807, 2.05) is 24.3 Å². The van der Waals surface area contributed by atoms with Crippen LogP contribution in [0.5, 0.6) is 0 Å². The van der Waals surface area contributed by atoms with Crippen LogP contribution in [0.4, 0.5) is 5.82 Å². The zero-order chi connectivity index (χ0) is 24.2. The number of piperidine rings is 1. The van der Waals surface area contributed by atoms with E-state index in [2.05, 4.69) is 50.8 Å². The molecule has 0 spiro atoms. The maximum Gasteiger partial charge on any atom is 0.257 e. The van der Waals surface area contributed by atoms with Crippen LogP contribution in [0.25, 0.3) is 10.9 Å². The lowest BCUT2D eigenvalue weighted by Crippen LogP contribution is -2.40. The molecule has 1 saturated heterocycles. The van der Waals surface area contributed by atoms with Crippen LogP contribution in [0.15, 0.2) is 54.6 Å². The van der Waals surface area contributed by atoms with E-state index in [0.717, 1.165) is 42.9 Å². The Kier molecular flexibility index (Phi) is 7.20. The second kappa shape index (κ2) is 10.7. The number of benzene rings is 2. The fourth-order valence-corrected chi connectivity index (χ4v) is 5.42. The van der Waals surface area contributed by atoms with Crippen LogP contribution in [0.1, 0.15) is 36.0 Å². The summed E-state index contributed by atoms with van der Waals surface area (Å²) in [6.45, 7) is 3.65. The van der Waals surface area contributed by atoms with E-state index in [1.165, 1.54) is 23.0 Å². The van der Waals surface area contributed by atoms with E-state index in [4.69, 9.17) is 12.2 Å². The molecule has 0 unspecified atom stereocenters. The van der Waals surface area contributed by atoms with E-state index in [-0.39, 0.29) is 23.0 Å². The van der Waals surface area contributed by atoms with Gasteiger partial charge in [-0.15, -0.1) is 0 Å². The van der Waals surface area contributed by atoms with Gasteiger partial charge in [0.2, 0.25) is 10.7 Å².